The Hall–Kier alpha value is -1.41. The standard InChI is InChI=1S/C9H15N3O4S/c1-6-8(5-12(3)11-6)4-10-17(15,16)7(2)9(13)14/h5,7,10H,4H2,1-3H3,(H,13,14). The van der Waals surface area contributed by atoms with Crippen molar-refractivity contribution in [2.24, 2.45) is 7.05 Å². The predicted octanol–water partition coefficient (Wildman–Crippen LogP) is -0.379. The van der Waals surface area contributed by atoms with E-state index >= 15 is 0 Å². The first-order chi connectivity index (χ1) is 7.74. The molecule has 1 aromatic rings. The number of aromatic nitrogens is 2. The van der Waals surface area contributed by atoms with Crippen molar-refractivity contribution in [3.05, 3.63) is 17.5 Å². The van der Waals surface area contributed by atoms with E-state index < -0.39 is 21.2 Å². The highest BCUT2D eigenvalue weighted by atomic mass is 32.2. The summed E-state index contributed by atoms with van der Waals surface area (Å²) in [6.45, 7) is 2.92. The lowest BCUT2D eigenvalue weighted by molar-refractivity contribution is -0.136. The molecule has 0 spiro atoms. The number of nitrogens with one attached hydrogen (secondary N) is 1. The number of carboxylic acid groups (broad SMARTS) is 1. The Morgan fingerprint density at radius 1 is 1.65 bits per heavy atom. The molecule has 0 fully saturated rings. The molecule has 0 saturated heterocycles. The summed E-state index contributed by atoms with van der Waals surface area (Å²) in [6.07, 6.45) is 1.68. The van der Waals surface area contributed by atoms with Crippen LogP contribution in [-0.4, -0.2) is 34.5 Å². The molecular formula is C9H15N3O4S. The molecule has 1 heterocycles. The van der Waals surface area contributed by atoms with Crippen LogP contribution in [0.15, 0.2) is 6.20 Å². The van der Waals surface area contributed by atoms with Gasteiger partial charge in [-0.3, -0.25) is 9.48 Å². The van der Waals surface area contributed by atoms with Gasteiger partial charge >= 0.3 is 5.97 Å². The highest BCUT2D eigenvalue weighted by molar-refractivity contribution is 7.90. The molecule has 17 heavy (non-hydrogen) atoms. The van der Waals surface area contributed by atoms with E-state index in [-0.39, 0.29) is 6.54 Å². The minimum atomic E-state index is -3.85. The van der Waals surface area contributed by atoms with Gasteiger partial charge in [0.2, 0.25) is 10.0 Å². The van der Waals surface area contributed by atoms with Gasteiger partial charge in [0.15, 0.2) is 5.25 Å². The first-order valence-electron chi connectivity index (χ1n) is 4.94. The molecule has 1 aromatic heterocycles. The quantitative estimate of drug-likeness (QED) is 0.752. The Bertz CT molecular complexity index is 520. The third-order valence-corrected chi connectivity index (χ3v) is 4.07. The fraction of sp³-hybridized carbons (Fsp3) is 0.556. The largest absolute Gasteiger partial charge is 0.480 e. The highest BCUT2D eigenvalue weighted by Gasteiger charge is 2.27. The predicted molar refractivity (Wildman–Crippen MR) is 60.8 cm³/mol. The van der Waals surface area contributed by atoms with E-state index in [0.717, 1.165) is 6.92 Å². The van der Waals surface area contributed by atoms with Crippen molar-refractivity contribution in [2.75, 3.05) is 0 Å². The van der Waals surface area contributed by atoms with Gasteiger partial charge in [0, 0.05) is 25.4 Å². The molecule has 2 N–H and O–H groups in total. The van der Waals surface area contributed by atoms with Crippen LogP contribution < -0.4 is 4.72 Å². The van der Waals surface area contributed by atoms with Crippen molar-refractivity contribution in [3.63, 3.8) is 0 Å². The van der Waals surface area contributed by atoms with Crippen molar-refractivity contribution >= 4 is 16.0 Å². The summed E-state index contributed by atoms with van der Waals surface area (Å²) < 4.78 is 26.9. The van der Waals surface area contributed by atoms with Gasteiger partial charge < -0.3 is 5.11 Å². The van der Waals surface area contributed by atoms with Crippen molar-refractivity contribution in [2.45, 2.75) is 25.6 Å². The SMILES string of the molecule is Cc1nn(C)cc1CNS(=O)(=O)C(C)C(=O)O. The Morgan fingerprint density at radius 2 is 2.24 bits per heavy atom. The van der Waals surface area contributed by atoms with Crippen molar-refractivity contribution < 1.29 is 18.3 Å². The molecular weight excluding hydrogens is 246 g/mol. The second-order valence-corrected chi connectivity index (χ2v) is 5.85. The van der Waals surface area contributed by atoms with E-state index in [1.807, 2.05) is 0 Å². The van der Waals surface area contributed by atoms with Crippen molar-refractivity contribution in [1.82, 2.24) is 14.5 Å². The third kappa shape index (κ3) is 3.27. The molecule has 0 bridgehead atoms. The van der Waals surface area contributed by atoms with Crippen molar-refractivity contribution in [1.29, 1.82) is 0 Å². The number of rotatable bonds is 5. The van der Waals surface area contributed by atoms with Gasteiger partial charge in [-0.1, -0.05) is 0 Å². The molecule has 96 valence electrons. The Kier molecular flexibility index (Phi) is 3.89. The molecule has 7 nitrogen and oxygen atoms in total. The van der Waals surface area contributed by atoms with Crippen LogP contribution in [0.3, 0.4) is 0 Å². The van der Waals surface area contributed by atoms with Gasteiger partial charge in [0.1, 0.15) is 0 Å². The summed E-state index contributed by atoms with van der Waals surface area (Å²) in [6, 6.07) is 0. The lowest BCUT2D eigenvalue weighted by Gasteiger charge is -2.09. The van der Waals surface area contributed by atoms with Crippen LogP contribution in [0.4, 0.5) is 0 Å². The van der Waals surface area contributed by atoms with Crippen LogP contribution in [0.2, 0.25) is 0 Å². The molecule has 0 radical (unpaired) electrons. The smallest absolute Gasteiger partial charge is 0.323 e. The summed E-state index contributed by atoms with van der Waals surface area (Å²) in [7, 11) is -2.12. The average Bonchev–Trinajstić information content (AvgIpc) is 2.53. The van der Waals surface area contributed by atoms with Crippen LogP contribution in [0.1, 0.15) is 18.2 Å². The fourth-order valence-corrected chi connectivity index (χ4v) is 2.13. The van der Waals surface area contributed by atoms with Gasteiger partial charge in [-0.2, -0.15) is 5.10 Å². The van der Waals surface area contributed by atoms with Gasteiger partial charge in [0.05, 0.1) is 5.69 Å². The molecule has 0 saturated carbocycles. The number of hydrogen-bond donors (Lipinski definition) is 2. The maximum Gasteiger partial charge on any atom is 0.323 e. The second-order valence-electron chi connectivity index (χ2n) is 3.76. The van der Waals surface area contributed by atoms with Crippen LogP contribution in [0.5, 0.6) is 0 Å². The number of aryl methyl sites for hydroxylation is 2. The number of carbonyl (C=O) groups is 1. The minimum Gasteiger partial charge on any atom is -0.480 e. The Labute approximate surface area is 99.5 Å². The molecule has 1 unspecified atom stereocenters. The van der Waals surface area contributed by atoms with E-state index in [9.17, 15) is 13.2 Å². The molecule has 0 aromatic carbocycles. The monoisotopic (exact) mass is 261 g/mol. The molecule has 0 aliphatic carbocycles. The summed E-state index contributed by atoms with van der Waals surface area (Å²) in [5.41, 5.74) is 1.42. The van der Waals surface area contributed by atoms with E-state index in [2.05, 4.69) is 9.82 Å². The first kappa shape index (κ1) is 13.7. The maximum absolute atomic E-state index is 11.5. The van der Waals surface area contributed by atoms with Crippen LogP contribution in [0, 0.1) is 6.92 Å². The van der Waals surface area contributed by atoms with Crippen molar-refractivity contribution in [3.8, 4) is 0 Å². The first-order valence-corrected chi connectivity index (χ1v) is 6.49. The fourth-order valence-electron chi connectivity index (χ4n) is 1.26. The normalized spacial score (nSPS) is 13.6. The number of sulfonamides is 1. The molecule has 0 aliphatic rings. The van der Waals surface area contributed by atoms with Gasteiger partial charge in [0.25, 0.3) is 0 Å². The second kappa shape index (κ2) is 4.84. The number of carboxylic acids is 1. The topological polar surface area (TPSA) is 101 Å². The minimum absolute atomic E-state index is 0.0413. The van der Waals surface area contributed by atoms with E-state index in [0.29, 0.717) is 11.3 Å². The molecule has 0 amide bonds. The zero-order valence-corrected chi connectivity index (χ0v) is 10.7. The van der Waals surface area contributed by atoms with Crippen LogP contribution in [-0.2, 0) is 28.4 Å². The third-order valence-electron chi connectivity index (χ3n) is 2.39. The lowest BCUT2D eigenvalue weighted by Crippen LogP contribution is -2.37. The maximum atomic E-state index is 11.5. The van der Waals surface area contributed by atoms with Crippen LogP contribution >= 0.6 is 0 Å². The number of aliphatic carboxylic acids is 1. The van der Waals surface area contributed by atoms with Crippen LogP contribution in [0.25, 0.3) is 0 Å². The molecule has 1 atom stereocenters. The number of nitrogens with zero attached hydrogens (tertiary/aromatic N) is 2. The number of hydrogen-bond acceptors (Lipinski definition) is 4. The summed E-state index contributed by atoms with van der Waals surface area (Å²) in [4.78, 5) is 10.6. The zero-order valence-electron chi connectivity index (χ0n) is 9.84. The summed E-state index contributed by atoms with van der Waals surface area (Å²) in [5, 5.41) is 11.2. The molecule has 1 rings (SSSR count). The van der Waals surface area contributed by atoms with E-state index in [1.165, 1.54) is 0 Å². The van der Waals surface area contributed by atoms with E-state index in [1.54, 1.807) is 24.9 Å². The zero-order chi connectivity index (χ0) is 13.2. The van der Waals surface area contributed by atoms with Gasteiger partial charge in [-0.15, -0.1) is 0 Å². The van der Waals surface area contributed by atoms with Gasteiger partial charge in [-0.05, 0) is 13.8 Å². The Balaban J connectivity index is 2.74. The Morgan fingerprint density at radius 3 is 2.65 bits per heavy atom. The molecule has 8 heteroatoms. The lowest BCUT2D eigenvalue weighted by atomic mass is 10.3. The molecule has 0 aliphatic heterocycles. The van der Waals surface area contributed by atoms with Gasteiger partial charge in [-0.25, -0.2) is 13.1 Å². The highest BCUT2D eigenvalue weighted by Crippen LogP contribution is 2.06. The average molecular weight is 261 g/mol. The van der Waals surface area contributed by atoms with E-state index in [4.69, 9.17) is 5.11 Å². The summed E-state index contributed by atoms with van der Waals surface area (Å²) in [5.74, 6) is -1.37. The summed E-state index contributed by atoms with van der Waals surface area (Å²) >= 11 is 0.